The van der Waals surface area contributed by atoms with Gasteiger partial charge in [-0.1, -0.05) is 31.9 Å². The van der Waals surface area contributed by atoms with E-state index in [4.69, 9.17) is 17.3 Å². The van der Waals surface area contributed by atoms with E-state index in [1.165, 1.54) is 12.1 Å². The Hall–Kier alpha value is -0.300. The van der Waals surface area contributed by atoms with E-state index in [1.807, 2.05) is 0 Å². The van der Waals surface area contributed by atoms with E-state index in [0.717, 1.165) is 25.7 Å². The van der Waals surface area contributed by atoms with Crippen LogP contribution in [0.3, 0.4) is 0 Å². The Kier molecular flexibility index (Phi) is 4.93. The highest BCUT2D eigenvalue weighted by molar-refractivity contribution is 9.10. The minimum Gasteiger partial charge on any atom is -0.398 e. The van der Waals surface area contributed by atoms with Crippen LogP contribution in [0.5, 0.6) is 0 Å². The summed E-state index contributed by atoms with van der Waals surface area (Å²) in [5, 5.41) is 0.306. The van der Waals surface area contributed by atoms with Gasteiger partial charge in [0.2, 0.25) is 10.0 Å². The summed E-state index contributed by atoms with van der Waals surface area (Å²) >= 11 is 9.16. The maximum Gasteiger partial charge on any atom is 0.242 e. The molecule has 0 heterocycles. The minimum atomic E-state index is -3.65. The van der Waals surface area contributed by atoms with Gasteiger partial charge in [-0.15, -0.1) is 0 Å². The predicted octanol–water partition coefficient (Wildman–Crippen LogP) is 3.93. The van der Waals surface area contributed by atoms with Crippen LogP contribution in [0.1, 0.15) is 39.5 Å². The van der Waals surface area contributed by atoms with Gasteiger partial charge < -0.3 is 5.73 Å². The number of hydrogen-bond acceptors (Lipinski definition) is 3. The number of rotatable bonds is 3. The lowest BCUT2D eigenvalue weighted by atomic mass is 9.75. The zero-order chi connectivity index (χ0) is 15.8. The predicted molar refractivity (Wildman–Crippen MR) is 89.9 cm³/mol. The molecule has 0 aromatic heterocycles. The number of hydrogen-bond donors (Lipinski definition) is 2. The Morgan fingerprint density at radius 2 is 2.10 bits per heavy atom. The Balaban J connectivity index is 2.27. The van der Waals surface area contributed by atoms with Crippen LogP contribution in [0, 0.1) is 5.41 Å². The van der Waals surface area contributed by atoms with E-state index >= 15 is 0 Å². The summed E-state index contributed by atoms with van der Waals surface area (Å²) in [7, 11) is -3.65. The molecule has 118 valence electrons. The lowest BCUT2D eigenvalue weighted by Gasteiger charge is -2.35. The van der Waals surface area contributed by atoms with Crippen LogP contribution < -0.4 is 10.5 Å². The number of halogens is 2. The van der Waals surface area contributed by atoms with E-state index in [1.54, 1.807) is 0 Å². The van der Waals surface area contributed by atoms with Gasteiger partial charge in [0.05, 0.1) is 9.37 Å². The second-order valence-electron chi connectivity index (χ2n) is 6.39. The van der Waals surface area contributed by atoms with Crippen molar-refractivity contribution in [2.75, 3.05) is 5.73 Å². The Bertz CT molecular complexity index is 647. The van der Waals surface area contributed by atoms with Crippen LogP contribution in [0.2, 0.25) is 5.02 Å². The molecule has 4 nitrogen and oxygen atoms in total. The summed E-state index contributed by atoms with van der Waals surface area (Å²) in [6.45, 7) is 4.33. The highest BCUT2D eigenvalue weighted by Crippen LogP contribution is 2.37. The molecule has 0 amide bonds. The first kappa shape index (κ1) is 17.1. The van der Waals surface area contributed by atoms with Crippen molar-refractivity contribution in [2.24, 2.45) is 5.41 Å². The van der Waals surface area contributed by atoms with Gasteiger partial charge in [-0.3, -0.25) is 0 Å². The molecule has 1 unspecified atom stereocenters. The molecule has 0 aliphatic heterocycles. The summed E-state index contributed by atoms with van der Waals surface area (Å²) in [5.41, 5.74) is 6.25. The van der Waals surface area contributed by atoms with Gasteiger partial charge in [-0.25, -0.2) is 13.1 Å². The van der Waals surface area contributed by atoms with E-state index in [9.17, 15) is 8.42 Å². The topological polar surface area (TPSA) is 72.2 Å². The highest BCUT2D eigenvalue weighted by atomic mass is 79.9. The van der Waals surface area contributed by atoms with Crippen molar-refractivity contribution < 1.29 is 8.42 Å². The SMILES string of the molecule is CC1(C)CCCC(NS(=O)(=O)c2cc(Cl)cc(N)c2Br)C1. The molecule has 1 fully saturated rings. The van der Waals surface area contributed by atoms with Crippen LogP contribution >= 0.6 is 27.5 Å². The fourth-order valence-electron chi connectivity index (χ4n) is 2.86. The lowest BCUT2D eigenvalue weighted by Crippen LogP contribution is -2.40. The van der Waals surface area contributed by atoms with Gasteiger partial charge in [0.1, 0.15) is 0 Å². The Morgan fingerprint density at radius 3 is 2.71 bits per heavy atom. The first-order valence-corrected chi connectivity index (χ1v) is 9.53. The van der Waals surface area contributed by atoms with Gasteiger partial charge in [0, 0.05) is 16.8 Å². The normalized spacial score (nSPS) is 22.2. The van der Waals surface area contributed by atoms with Crippen LogP contribution in [0.25, 0.3) is 0 Å². The van der Waals surface area contributed by atoms with Crippen molar-refractivity contribution in [1.29, 1.82) is 0 Å². The molecule has 7 heteroatoms. The zero-order valence-electron chi connectivity index (χ0n) is 12.1. The van der Waals surface area contributed by atoms with Gasteiger partial charge in [-0.2, -0.15) is 0 Å². The van der Waals surface area contributed by atoms with Crippen molar-refractivity contribution in [3.63, 3.8) is 0 Å². The third-order valence-corrected chi connectivity index (χ3v) is 6.76. The van der Waals surface area contributed by atoms with Crippen molar-refractivity contribution in [3.05, 3.63) is 21.6 Å². The smallest absolute Gasteiger partial charge is 0.242 e. The van der Waals surface area contributed by atoms with Gasteiger partial charge in [0.15, 0.2) is 0 Å². The van der Waals surface area contributed by atoms with Crippen molar-refractivity contribution >= 4 is 43.2 Å². The molecule has 1 atom stereocenters. The van der Waals surface area contributed by atoms with Crippen LogP contribution in [-0.4, -0.2) is 14.5 Å². The fourth-order valence-corrected chi connectivity index (χ4v) is 5.42. The Labute approximate surface area is 139 Å². The molecular formula is C14H20BrClN2O2S. The average Bonchev–Trinajstić information content (AvgIpc) is 2.31. The van der Waals surface area contributed by atoms with Crippen molar-refractivity contribution in [3.8, 4) is 0 Å². The molecule has 1 aromatic carbocycles. The Morgan fingerprint density at radius 1 is 1.43 bits per heavy atom. The maximum atomic E-state index is 12.6. The highest BCUT2D eigenvalue weighted by Gasteiger charge is 2.31. The van der Waals surface area contributed by atoms with E-state index in [-0.39, 0.29) is 16.4 Å². The number of nitrogens with two attached hydrogens (primary N) is 1. The van der Waals surface area contributed by atoms with Crippen molar-refractivity contribution in [2.45, 2.75) is 50.5 Å². The summed E-state index contributed by atoms with van der Waals surface area (Å²) < 4.78 is 28.3. The van der Waals surface area contributed by atoms with Gasteiger partial charge >= 0.3 is 0 Å². The molecule has 0 bridgehead atoms. The van der Waals surface area contributed by atoms with Crippen LogP contribution in [0.15, 0.2) is 21.5 Å². The first-order chi connectivity index (χ1) is 9.61. The summed E-state index contributed by atoms with van der Waals surface area (Å²) in [5.74, 6) is 0. The summed E-state index contributed by atoms with van der Waals surface area (Å²) in [4.78, 5) is 0.0934. The number of benzene rings is 1. The van der Waals surface area contributed by atoms with Crippen LogP contribution in [-0.2, 0) is 10.0 Å². The molecule has 3 N–H and O–H groups in total. The molecule has 1 saturated carbocycles. The van der Waals surface area contributed by atoms with E-state index in [2.05, 4.69) is 34.5 Å². The van der Waals surface area contributed by atoms with E-state index < -0.39 is 10.0 Å². The minimum absolute atomic E-state index is 0.0501. The molecule has 0 saturated heterocycles. The van der Waals surface area contributed by atoms with Gasteiger partial charge in [0.25, 0.3) is 0 Å². The molecule has 1 aromatic rings. The third kappa shape index (κ3) is 4.12. The van der Waals surface area contributed by atoms with Gasteiger partial charge in [-0.05, 0) is 52.7 Å². The summed E-state index contributed by atoms with van der Waals surface area (Å²) in [6.07, 6.45) is 3.84. The molecule has 0 radical (unpaired) electrons. The number of sulfonamides is 1. The largest absolute Gasteiger partial charge is 0.398 e. The molecule has 21 heavy (non-hydrogen) atoms. The fraction of sp³-hybridized carbons (Fsp3) is 0.571. The molecule has 1 aliphatic rings. The third-order valence-electron chi connectivity index (χ3n) is 3.85. The molecule has 2 rings (SSSR count). The summed E-state index contributed by atoms with van der Waals surface area (Å²) in [6, 6.07) is 2.89. The first-order valence-electron chi connectivity index (χ1n) is 6.88. The second kappa shape index (κ2) is 6.07. The lowest BCUT2D eigenvalue weighted by molar-refractivity contribution is 0.212. The zero-order valence-corrected chi connectivity index (χ0v) is 15.3. The number of anilines is 1. The second-order valence-corrected chi connectivity index (χ2v) is 9.30. The quantitative estimate of drug-likeness (QED) is 0.762. The molecule has 1 aliphatic carbocycles. The van der Waals surface area contributed by atoms with Crippen molar-refractivity contribution in [1.82, 2.24) is 4.72 Å². The number of nitrogen functional groups attached to an aromatic ring is 1. The maximum absolute atomic E-state index is 12.6. The van der Waals surface area contributed by atoms with Crippen LogP contribution in [0.4, 0.5) is 5.69 Å². The molecule has 0 spiro atoms. The standard InChI is InChI=1S/C14H20BrClN2O2S/c1-14(2)5-3-4-10(8-14)18-21(19,20)12-7-9(16)6-11(17)13(12)15/h6-7,10,18H,3-5,8,17H2,1-2H3. The molecular weight excluding hydrogens is 376 g/mol. The average molecular weight is 396 g/mol. The number of nitrogens with one attached hydrogen (secondary N) is 1. The van der Waals surface area contributed by atoms with E-state index in [0.29, 0.717) is 15.2 Å². The monoisotopic (exact) mass is 394 g/mol.